The van der Waals surface area contributed by atoms with Crippen LogP contribution in [0.5, 0.6) is 11.5 Å². The average molecular weight is 346 g/mol. The van der Waals surface area contributed by atoms with E-state index >= 15 is 0 Å². The minimum Gasteiger partial charge on any atom is -0.497 e. The molecule has 0 fully saturated rings. The van der Waals surface area contributed by atoms with Crippen molar-refractivity contribution in [2.45, 2.75) is 12.3 Å². The van der Waals surface area contributed by atoms with E-state index in [0.29, 0.717) is 12.0 Å². The van der Waals surface area contributed by atoms with Crippen LogP contribution >= 0.6 is 0 Å². The number of Topliss-reactive ketones (excluding diaryl/α,β-unsaturated/α-hetero) is 1. The molecule has 0 saturated heterocycles. The predicted octanol–water partition coefficient (Wildman–Crippen LogP) is 4.91. The van der Waals surface area contributed by atoms with Crippen molar-refractivity contribution in [1.82, 2.24) is 0 Å². The van der Waals surface area contributed by atoms with Gasteiger partial charge >= 0.3 is 0 Å². The number of ether oxygens (including phenoxy) is 2. The van der Waals surface area contributed by atoms with Crippen LogP contribution < -0.4 is 9.47 Å². The van der Waals surface area contributed by atoms with Crippen LogP contribution in [0.1, 0.15) is 27.4 Å². The molecule has 0 aliphatic carbocycles. The summed E-state index contributed by atoms with van der Waals surface area (Å²) in [5.41, 5.74) is 2.71. The normalized spacial score (nSPS) is 11.6. The minimum absolute atomic E-state index is 0.0988. The molecule has 0 bridgehead atoms. The van der Waals surface area contributed by atoms with Crippen LogP contribution in [0.4, 0.5) is 0 Å². The van der Waals surface area contributed by atoms with E-state index in [1.807, 2.05) is 78.9 Å². The fourth-order valence-corrected chi connectivity index (χ4v) is 3.06. The summed E-state index contributed by atoms with van der Waals surface area (Å²) < 4.78 is 10.7. The van der Waals surface area contributed by atoms with E-state index in [2.05, 4.69) is 0 Å². The molecule has 0 aliphatic rings. The molecule has 0 aromatic heterocycles. The molecular weight excluding hydrogens is 324 g/mol. The molecule has 3 heteroatoms. The number of hydrogen-bond acceptors (Lipinski definition) is 3. The summed E-state index contributed by atoms with van der Waals surface area (Å²) in [7, 11) is 3.28. The summed E-state index contributed by atoms with van der Waals surface area (Å²) in [5.74, 6) is 1.35. The molecule has 3 aromatic rings. The highest BCUT2D eigenvalue weighted by atomic mass is 16.5. The second kappa shape index (κ2) is 8.34. The summed E-state index contributed by atoms with van der Waals surface area (Å²) in [6.07, 6.45) is 0.595. The highest BCUT2D eigenvalue weighted by Gasteiger charge is 2.23. The van der Waals surface area contributed by atoms with Gasteiger partial charge in [-0.25, -0.2) is 0 Å². The molecular formula is C23H22O3. The lowest BCUT2D eigenvalue weighted by atomic mass is 9.85. The van der Waals surface area contributed by atoms with Crippen LogP contribution in [0.15, 0.2) is 78.9 Å². The van der Waals surface area contributed by atoms with Crippen LogP contribution in [0.25, 0.3) is 0 Å². The molecule has 3 aromatic carbocycles. The fraction of sp³-hybridized carbons (Fsp3) is 0.174. The van der Waals surface area contributed by atoms with Gasteiger partial charge < -0.3 is 9.47 Å². The van der Waals surface area contributed by atoms with Crippen molar-refractivity contribution in [2.24, 2.45) is 0 Å². The van der Waals surface area contributed by atoms with Gasteiger partial charge in [0.05, 0.1) is 20.1 Å². The van der Waals surface area contributed by atoms with Gasteiger partial charge in [0.15, 0.2) is 5.78 Å². The van der Waals surface area contributed by atoms with Gasteiger partial charge in [-0.05, 0) is 41.8 Å². The number of carbonyl (C=O) groups excluding carboxylic acids is 1. The third-order valence-corrected chi connectivity index (χ3v) is 4.44. The molecule has 3 nitrogen and oxygen atoms in total. The van der Waals surface area contributed by atoms with E-state index in [9.17, 15) is 4.79 Å². The molecule has 0 heterocycles. The lowest BCUT2D eigenvalue weighted by Gasteiger charge is -2.18. The van der Waals surface area contributed by atoms with Crippen LogP contribution in [0.2, 0.25) is 0 Å². The summed E-state index contributed by atoms with van der Waals surface area (Å²) in [5, 5.41) is 0. The Bertz CT molecular complexity index is 871. The van der Waals surface area contributed by atoms with Crippen molar-refractivity contribution in [3.63, 3.8) is 0 Å². The van der Waals surface area contributed by atoms with Crippen molar-refractivity contribution in [2.75, 3.05) is 14.2 Å². The number of rotatable bonds is 7. The van der Waals surface area contributed by atoms with E-state index < -0.39 is 0 Å². The quantitative estimate of drug-likeness (QED) is 0.570. The molecule has 3 rings (SSSR count). The third-order valence-electron chi connectivity index (χ3n) is 4.44. The number of ketones is 1. The Morgan fingerprint density at radius 2 is 1.46 bits per heavy atom. The van der Waals surface area contributed by atoms with Crippen LogP contribution in [-0.4, -0.2) is 20.0 Å². The first-order chi connectivity index (χ1) is 12.7. The maximum absolute atomic E-state index is 13.2. The topological polar surface area (TPSA) is 35.5 Å². The van der Waals surface area contributed by atoms with Gasteiger partial charge in [-0.1, -0.05) is 54.6 Å². The summed E-state index contributed by atoms with van der Waals surface area (Å²) >= 11 is 0. The van der Waals surface area contributed by atoms with Gasteiger partial charge in [-0.3, -0.25) is 4.79 Å². The predicted molar refractivity (Wildman–Crippen MR) is 103 cm³/mol. The zero-order valence-corrected chi connectivity index (χ0v) is 15.0. The van der Waals surface area contributed by atoms with Crippen molar-refractivity contribution < 1.29 is 14.3 Å². The van der Waals surface area contributed by atoms with E-state index in [1.54, 1.807) is 14.2 Å². The SMILES string of the molecule is COc1cccc(CC(C(=O)c2ccccc2)c2cccc(OC)c2)c1. The molecule has 0 amide bonds. The van der Waals surface area contributed by atoms with Gasteiger partial charge in [-0.2, -0.15) is 0 Å². The molecule has 26 heavy (non-hydrogen) atoms. The van der Waals surface area contributed by atoms with E-state index in [1.165, 1.54) is 0 Å². The largest absolute Gasteiger partial charge is 0.497 e. The zero-order chi connectivity index (χ0) is 18.4. The van der Waals surface area contributed by atoms with Crippen molar-refractivity contribution >= 4 is 5.78 Å². The Hall–Kier alpha value is -3.07. The van der Waals surface area contributed by atoms with E-state index in [0.717, 1.165) is 22.6 Å². The molecule has 1 atom stereocenters. The van der Waals surface area contributed by atoms with E-state index in [-0.39, 0.29) is 11.7 Å². The number of methoxy groups -OCH3 is 2. The Morgan fingerprint density at radius 1 is 0.808 bits per heavy atom. The maximum Gasteiger partial charge on any atom is 0.170 e. The molecule has 0 aliphatic heterocycles. The average Bonchev–Trinajstić information content (AvgIpc) is 2.72. The molecule has 0 radical (unpaired) electrons. The Labute approximate surface area is 154 Å². The first-order valence-electron chi connectivity index (χ1n) is 8.57. The van der Waals surface area contributed by atoms with Gasteiger partial charge in [0.1, 0.15) is 11.5 Å². The smallest absolute Gasteiger partial charge is 0.170 e. The van der Waals surface area contributed by atoms with Crippen LogP contribution in [0, 0.1) is 0 Å². The van der Waals surface area contributed by atoms with Crippen molar-refractivity contribution in [1.29, 1.82) is 0 Å². The second-order valence-electron chi connectivity index (χ2n) is 6.12. The van der Waals surface area contributed by atoms with Crippen molar-refractivity contribution in [3.05, 3.63) is 95.6 Å². The number of hydrogen-bond donors (Lipinski definition) is 0. The third kappa shape index (κ3) is 4.12. The minimum atomic E-state index is -0.292. The number of benzene rings is 3. The standard InChI is InChI=1S/C23H22O3/c1-25-20-12-6-8-17(14-20)15-22(19-11-7-13-21(16-19)26-2)23(24)18-9-4-3-5-10-18/h3-14,16,22H,15H2,1-2H3. The number of carbonyl (C=O) groups is 1. The first kappa shape index (κ1) is 17.7. The highest BCUT2D eigenvalue weighted by molar-refractivity contribution is 6.01. The molecule has 132 valence electrons. The summed E-state index contributed by atoms with van der Waals surface area (Å²) in [6.45, 7) is 0. The summed E-state index contributed by atoms with van der Waals surface area (Å²) in [4.78, 5) is 13.2. The highest BCUT2D eigenvalue weighted by Crippen LogP contribution is 2.29. The zero-order valence-electron chi connectivity index (χ0n) is 15.0. The second-order valence-corrected chi connectivity index (χ2v) is 6.12. The molecule has 1 unspecified atom stereocenters. The van der Waals surface area contributed by atoms with Gasteiger partial charge in [0, 0.05) is 5.56 Å². The van der Waals surface area contributed by atoms with Crippen molar-refractivity contribution in [3.8, 4) is 11.5 Å². The van der Waals surface area contributed by atoms with E-state index in [4.69, 9.17) is 9.47 Å². The lowest BCUT2D eigenvalue weighted by molar-refractivity contribution is 0.0958. The molecule has 0 saturated carbocycles. The molecule has 0 spiro atoms. The Balaban J connectivity index is 1.99. The van der Waals surface area contributed by atoms with Crippen LogP contribution in [0.3, 0.4) is 0 Å². The lowest BCUT2D eigenvalue weighted by Crippen LogP contribution is -2.16. The first-order valence-corrected chi connectivity index (χ1v) is 8.57. The van der Waals surface area contributed by atoms with Gasteiger partial charge in [0.2, 0.25) is 0 Å². The fourth-order valence-electron chi connectivity index (χ4n) is 3.06. The summed E-state index contributed by atoms with van der Waals surface area (Å²) in [6, 6.07) is 25.0. The van der Waals surface area contributed by atoms with Gasteiger partial charge in [0.25, 0.3) is 0 Å². The van der Waals surface area contributed by atoms with Gasteiger partial charge in [-0.15, -0.1) is 0 Å². The van der Waals surface area contributed by atoms with Crippen LogP contribution in [-0.2, 0) is 6.42 Å². The maximum atomic E-state index is 13.2. The molecule has 0 N–H and O–H groups in total. The Morgan fingerprint density at radius 3 is 2.15 bits per heavy atom. The Kier molecular flexibility index (Phi) is 5.69. The monoisotopic (exact) mass is 346 g/mol.